The summed E-state index contributed by atoms with van der Waals surface area (Å²) in [5.74, 6) is 0.600. The average molecular weight is 470 g/mol. The minimum Gasteiger partial charge on any atom is -0.459 e. The van der Waals surface area contributed by atoms with Gasteiger partial charge in [-0.05, 0) is 35.1 Å². The van der Waals surface area contributed by atoms with Crippen molar-refractivity contribution in [3.05, 3.63) is 59.5 Å². The predicted molar refractivity (Wildman–Crippen MR) is 132 cm³/mol. The lowest BCUT2D eigenvalue weighted by molar-refractivity contribution is -0.130. The van der Waals surface area contributed by atoms with Crippen LogP contribution in [0.25, 0.3) is 0 Å². The molecule has 0 saturated carbocycles. The lowest BCUT2D eigenvalue weighted by Crippen LogP contribution is -2.50. The highest BCUT2D eigenvalue weighted by atomic mass is 32.2. The number of hydrogen-bond donors (Lipinski definition) is 0. The zero-order chi connectivity index (χ0) is 23.6. The lowest BCUT2D eigenvalue weighted by Gasteiger charge is -2.35. The van der Waals surface area contributed by atoms with Gasteiger partial charge in [-0.3, -0.25) is 14.5 Å². The van der Waals surface area contributed by atoms with Gasteiger partial charge in [-0.15, -0.1) is 11.8 Å². The van der Waals surface area contributed by atoms with Gasteiger partial charge in [-0.1, -0.05) is 52.0 Å². The lowest BCUT2D eigenvalue weighted by atomic mass is 9.86. The number of nitrogens with zero attached hydrogens (tertiary/aromatic N) is 3. The van der Waals surface area contributed by atoms with E-state index in [4.69, 9.17) is 4.42 Å². The summed E-state index contributed by atoms with van der Waals surface area (Å²) in [5.41, 5.74) is 2.62. The number of carbonyl (C=O) groups excluding carboxylic acids is 2. The Morgan fingerprint density at radius 1 is 1.06 bits per heavy atom. The Morgan fingerprint density at radius 3 is 2.33 bits per heavy atom. The van der Waals surface area contributed by atoms with E-state index >= 15 is 0 Å². The Labute approximate surface area is 201 Å². The largest absolute Gasteiger partial charge is 0.459 e. The summed E-state index contributed by atoms with van der Waals surface area (Å²) in [7, 11) is 0. The summed E-state index contributed by atoms with van der Waals surface area (Å²) in [5, 5.41) is 0.0957. The molecule has 0 spiro atoms. The van der Waals surface area contributed by atoms with Gasteiger partial charge in [0.25, 0.3) is 5.91 Å². The van der Waals surface area contributed by atoms with Crippen molar-refractivity contribution in [2.24, 2.45) is 0 Å². The fourth-order valence-corrected chi connectivity index (χ4v) is 5.90. The van der Waals surface area contributed by atoms with Crippen molar-refractivity contribution in [2.45, 2.75) is 50.2 Å². The van der Waals surface area contributed by atoms with E-state index in [1.807, 2.05) is 4.90 Å². The van der Waals surface area contributed by atoms with Crippen molar-refractivity contribution >= 4 is 23.6 Å². The number of piperazine rings is 1. The van der Waals surface area contributed by atoms with Gasteiger partial charge in [-0.2, -0.15) is 0 Å². The van der Waals surface area contributed by atoms with Crippen LogP contribution in [0, 0.1) is 0 Å². The molecule has 0 N–H and O–H groups in total. The second-order valence-electron chi connectivity index (χ2n) is 9.90. The second kappa shape index (κ2) is 9.94. The average Bonchev–Trinajstić information content (AvgIpc) is 3.45. The van der Waals surface area contributed by atoms with Crippen LogP contribution in [0.4, 0.5) is 0 Å². The van der Waals surface area contributed by atoms with Gasteiger partial charge in [0.05, 0.1) is 11.5 Å². The number of carbonyl (C=O) groups is 2. The molecule has 3 heterocycles. The van der Waals surface area contributed by atoms with Crippen molar-refractivity contribution in [3.8, 4) is 0 Å². The Kier molecular flexibility index (Phi) is 7.19. The van der Waals surface area contributed by atoms with Crippen molar-refractivity contribution in [3.63, 3.8) is 0 Å². The molecule has 0 radical (unpaired) electrons. The summed E-state index contributed by atoms with van der Waals surface area (Å²) in [6.07, 6.45) is 2.38. The van der Waals surface area contributed by atoms with Crippen LogP contribution in [0.3, 0.4) is 0 Å². The first kappa shape index (κ1) is 23.9. The summed E-state index contributed by atoms with van der Waals surface area (Å²) in [4.78, 5) is 31.9. The maximum absolute atomic E-state index is 13.1. The Hall–Kier alpha value is -2.25. The van der Waals surface area contributed by atoms with Gasteiger partial charge in [-0.25, -0.2) is 0 Å². The molecule has 2 aliphatic heterocycles. The maximum atomic E-state index is 13.1. The predicted octanol–water partition coefficient (Wildman–Crippen LogP) is 4.39. The van der Waals surface area contributed by atoms with Crippen LogP contribution in [0.15, 0.2) is 47.1 Å². The molecule has 7 heteroatoms. The molecule has 2 aliphatic rings. The van der Waals surface area contributed by atoms with Gasteiger partial charge >= 0.3 is 0 Å². The number of amides is 2. The third kappa shape index (κ3) is 5.30. The molecule has 1 aromatic heterocycles. The van der Waals surface area contributed by atoms with Gasteiger partial charge in [0, 0.05) is 39.3 Å². The number of furan rings is 1. The molecule has 6 nitrogen and oxygen atoms in total. The highest BCUT2D eigenvalue weighted by Gasteiger charge is 2.40. The maximum Gasteiger partial charge on any atom is 0.289 e. The smallest absolute Gasteiger partial charge is 0.289 e. The number of benzene rings is 1. The molecular weight excluding hydrogens is 434 g/mol. The van der Waals surface area contributed by atoms with Gasteiger partial charge in [0.2, 0.25) is 5.91 Å². The third-order valence-electron chi connectivity index (χ3n) is 6.62. The van der Waals surface area contributed by atoms with E-state index in [1.54, 1.807) is 23.9 Å². The van der Waals surface area contributed by atoms with E-state index in [0.717, 1.165) is 26.1 Å². The molecule has 4 rings (SSSR count). The van der Waals surface area contributed by atoms with Gasteiger partial charge in [0.1, 0.15) is 5.37 Å². The summed E-state index contributed by atoms with van der Waals surface area (Å²) in [6, 6.07) is 12.2. The van der Waals surface area contributed by atoms with Crippen molar-refractivity contribution in [1.82, 2.24) is 14.7 Å². The molecule has 2 fully saturated rings. The summed E-state index contributed by atoms with van der Waals surface area (Å²) >= 11 is 1.78. The first-order chi connectivity index (χ1) is 15.8. The highest BCUT2D eigenvalue weighted by Crippen LogP contribution is 2.44. The third-order valence-corrected chi connectivity index (χ3v) is 8.26. The minimum absolute atomic E-state index is 0.0278. The number of thioether (sulfide) groups is 1. The molecule has 178 valence electrons. The van der Waals surface area contributed by atoms with Crippen LogP contribution in [-0.2, 0) is 10.2 Å². The molecule has 2 unspecified atom stereocenters. The quantitative estimate of drug-likeness (QED) is 0.628. The van der Waals surface area contributed by atoms with E-state index in [0.29, 0.717) is 25.4 Å². The van der Waals surface area contributed by atoms with Crippen molar-refractivity contribution in [1.29, 1.82) is 0 Å². The Bertz CT molecular complexity index is 944. The molecule has 2 saturated heterocycles. The second-order valence-corrected chi connectivity index (χ2v) is 11.2. The van der Waals surface area contributed by atoms with Gasteiger partial charge in [0.15, 0.2) is 5.76 Å². The first-order valence-electron chi connectivity index (χ1n) is 11.9. The summed E-state index contributed by atoms with van der Waals surface area (Å²) < 4.78 is 5.25. The summed E-state index contributed by atoms with van der Waals surface area (Å²) in [6.45, 7) is 13.3. The normalized spacial score (nSPS) is 22.2. The number of rotatable bonds is 6. The monoisotopic (exact) mass is 469 g/mol. The van der Waals surface area contributed by atoms with E-state index in [1.165, 1.54) is 17.4 Å². The van der Waals surface area contributed by atoms with E-state index in [9.17, 15) is 9.59 Å². The van der Waals surface area contributed by atoms with Crippen LogP contribution in [0.1, 0.15) is 61.2 Å². The van der Waals surface area contributed by atoms with Crippen LogP contribution in [0.5, 0.6) is 0 Å². The van der Waals surface area contributed by atoms with E-state index in [2.05, 4.69) is 61.8 Å². The molecule has 0 bridgehead atoms. The van der Waals surface area contributed by atoms with Gasteiger partial charge < -0.3 is 14.2 Å². The topological polar surface area (TPSA) is 57.0 Å². The molecule has 2 atom stereocenters. The Morgan fingerprint density at radius 2 is 1.76 bits per heavy atom. The molecule has 1 aromatic carbocycles. The van der Waals surface area contributed by atoms with Crippen LogP contribution < -0.4 is 0 Å². The SMILES string of the molecule is CCC1SC(c2ccc(C(C)(C)C)cc2)N(CCN2CCN(C(=O)c3ccco3)CC2)C1=O. The molecule has 2 aromatic rings. The molecular formula is C26H35N3O3S. The molecule has 33 heavy (non-hydrogen) atoms. The van der Waals surface area contributed by atoms with E-state index in [-0.39, 0.29) is 27.9 Å². The zero-order valence-corrected chi connectivity index (χ0v) is 20.9. The van der Waals surface area contributed by atoms with Crippen molar-refractivity contribution in [2.75, 3.05) is 39.3 Å². The fourth-order valence-electron chi connectivity index (χ4n) is 4.47. The standard InChI is InChI=1S/C26H35N3O3S/c1-5-22-24(31)29(25(33-22)19-8-10-20(11-9-19)26(2,3)4)17-14-27-12-15-28(16-13-27)23(30)21-7-6-18-32-21/h6-11,18,22,25H,5,12-17H2,1-4H3. The van der Waals surface area contributed by atoms with Crippen LogP contribution in [0.2, 0.25) is 0 Å². The highest BCUT2D eigenvalue weighted by molar-refractivity contribution is 8.01. The van der Waals surface area contributed by atoms with Crippen LogP contribution in [-0.4, -0.2) is 71.0 Å². The zero-order valence-electron chi connectivity index (χ0n) is 20.1. The van der Waals surface area contributed by atoms with Crippen molar-refractivity contribution < 1.29 is 14.0 Å². The molecule has 2 amide bonds. The minimum atomic E-state index is -0.0460. The fraction of sp³-hybridized carbons (Fsp3) is 0.538. The number of hydrogen-bond acceptors (Lipinski definition) is 5. The first-order valence-corrected chi connectivity index (χ1v) is 12.8. The van der Waals surface area contributed by atoms with Crippen LogP contribution >= 0.6 is 11.8 Å². The van der Waals surface area contributed by atoms with E-state index < -0.39 is 0 Å². The Balaban J connectivity index is 1.36. The molecule has 0 aliphatic carbocycles.